The zero-order chi connectivity index (χ0) is 28.7. The van der Waals surface area contributed by atoms with E-state index in [0.717, 1.165) is 5.56 Å². The molecular formula is C28H31N6O5-. The smallest absolute Gasteiger partial charge is 0.412 e. The number of benzene rings is 2. The molecular weight excluding hydrogens is 500 g/mol. The molecule has 204 valence electrons. The molecule has 0 fully saturated rings. The summed E-state index contributed by atoms with van der Waals surface area (Å²) < 4.78 is 6.47. The van der Waals surface area contributed by atoms with E-state index in [0.29, 0.717) is 5.56 Å². The van der Waals surface area contributed by atoms with E-state index in [4.69, 9.17) is 10.00 Å². The van der Waals surface area contributed by atoms with Crippen molar-refractivity contribution in [3.8, 4) is 23.1 Å². The minimum atomic E-state index is -0.742. The second-order valence-corrected chi connectivity index (χ2v) is 10.1. The number of rotatable bonds is 8. The molecule has 0 saturated heterocycles. The Hall–Kier alpha value is -4.85. The van der Waals surface area contributed by atoms with Gasteiger partial charge in [0.1, 0.15) is 12.1 Å². The molecule has 0 aliphatic carbocycles. The van der Waals surface area contributed by atoms with Gasteiger partial charge in [-0.15, -0.1) is 5.75 Å². The van der Waals surface area contributed by atoms with Gasteiger partial charge < -0.3 is 20.5 Å². The van der Waals surface area contributed by atoms with Gasteiger partial charge in [-0.3, -0.25) is 19.5 Å². The first-order valence-corrected chi connectivity index (χ1v) is 12.3. The average molecular weight is 532 g/mol. The number of anilines is 2. The van der Waals surface area contributed by atoms with Crippen molar-refractivity contribution in [2.75, 3.05) is 10.6 Å². The molecule has 0 bridgehead atoms. The van der Waals surface area contributed by atoms with Gasteiger partial charge in [-0.1, -0.05) is 18.2 Å². The van der Waals surface area contributed by atoms with Crippen molar-refractivity contribution in [3.05, 3.63) is 70.1 Å². The Morgan fingerprint density at radius 2 is 1.85 bits per heavy atom. The quantitative estimate of drug-likeness (QED) is 0.399. The Bertz CT molecular complexity index is 1450. The number of aromatic nitrogens is 2. The molecule has 0 unspecified atom stereocenters. The summed E-state index contributed by atoms with van der Waals surface area (Å²) in [6.07, 6.45) is 0.652. The van der Waals surface area contributed by atoms with Crippen LogP contribution in [0.4, 0.5) is 16.3 Å². The first-order chi connectivity index (χ1) is 18.3. The first kappa shape index (κ1) is 28.7. The lowest BCUT2D eigenvalue weighted by atomic mass is 10.1. The SMILES string of the molecule is CC(C)Nc1ncc(-c2cc([O-])cc(NC(=O)OC(C)(C)C)c2)n(CC(=O)NCc2ccc(C#N)cc2)c1=O. The predicted molar refractivity (Wildman–Crippen MR) is 145 cm³/mol. The zero-order valence-corrected chi connectivity index (χ0v) is 22.5. The molecule has 0 aliphatic heterocycles. The number of nitrogens with one attached hydrogen (secondary N) is 3. The Balaban J connectivity index is 1.92. The Morgan fingerprint density at radius 3 is 2.46 bits per heavy atom. The van der Waals surface area contributed by atoms with Crippen molar-refractivity contribution in [1.29, 1.82) is 5.26 Å². The van der Waals surface area contributed by atoms with E-state index in [2.05, 4.69) is 20.9 Å². The molecule has 1 aromatic heterocycles. The Morgan fingerprint density at radius 1 is 1.15 bits per heavy atom. The van der Waals surface area contributed by atoms with Crippen LogP contribution in [0.1, 0.15) is 45.7 Å². The summed E-state index contributed by atoms with van der Waals surface area (Å²) in [5, 5.41) is 29.7. The van der Waals surface area contributed by atoms with Crippen LogP contribution in [0.25, 0.3) is 11.3 Å². The van der Waals surface area contributed by atoms with Crippen LogP contribution in [0, 0.1) is 11.3 Å². The number of carbonyl (C=O) groups is 2. The Labute approximate surface area is 226 Å². The highest BCUT2D eigenvalue weighted by Crippen LogP contribution is 2.27. The van der Waals surface area contributed by atoms with E-state index >= 15 is 0 Å². The first-order valence-electron chi connectivity index (χ1n) is 12.3. The van der Waals surface area contributed by atoms with Crippen LogP contribution < -0.4 is 26.6 Å². The highest BCUT2D eigenvalue weighted by Gasteiger charge is 2.18. The molecule has 3 aromatic rings. The van der Waals surface area contributed by atoms with Crippen LogP contribution in [0.3, 0.4) is 0 Å². The van der Waals surface area contributed by atoms with Crippen LogP contribution in [0.5, 0.6) is 5.75 Å². The van der Waals surface area contributed by atoms with Gasteiger partial charge in [0.25, 0.3) is 5.56 Å². The normalized spacial score (nSPS) is 11.0. The number of ether oxygens (including phenoxy) is 1. The summed E-state index contributed by atoms with van der Waals surface area (Å²) in [5.41, 5.74) is 0.666. The van der Waals surface area contributed by atoms with Crippen LogP contribution in [0.2, 0.25) is 0 Å². The number of nitrogens with zero attached hydrogens (tertiary/aromatic N) is 3. The van der Waals surface area contributed by atoms with Crippen molar-refractivity contribution in [1.82, 2.24) is 14.9 Å². The fourth-order valence-corrected chi connectivity index (χ4v) is 3.59. The van der Waals surface area contributed by atoms with Gasteiger partial charge in [0.05, 0.1) is 23.5 Å². The lowest BCUT2D eigenvalue weighted by molar-refractivity contribution is -0.268. The summed E-state index contributed by atoms with van der Waals surface area (Å²) in [6, 6.07) is 12.7. The highest BCUT2D eigenvalue weighted by molar-refractivity contribution is 5.86. The summed E-state index contributed by atoms with van der Waals surface area (Å²) in [5.74, 6) is -0.819. The maximum Gasteiger partial charge on any atom is 0.412 e. The second-order valence-electron chi connectivity index (χ2n) is 10.1. The van der Waals surface area contributed by atoms with Gasteiger partial charge in [0.2, 0.25) is 5.91 Å². The molecule has 3 rings (SSSR count). The van der Waals surface area contributed by atoms with Crippen molar-refractivity contribution >= 4 is 23.5 Å². The van der Waals surface area contributed by atoms with Crippen molar-refractivity contribution in [2.24, 2.45) is 0 Å². The average Bonchev–Trinajstić information content (AvgIpc) is 2.83. The number of carbonyl (C=O) groups excluding carboxylic acids is 2. The van der Waals surface area contributed by atoms with Crippen LogP contribution in [-0.2, 0) is 22.6 Å². The molecule has 2 aromatic carbocycles. The third kappa shape index (κ3) is 8.33. The number of amides is 2. The van der Waals surface area contributed by atoms with E-state index < -0.39 is 28.9 Å². The lowest BCUT2D eigenvalue weighted by Crippen LogP contribution is -2.35. The summed E-state index contributed by atoms with van der Waals surface area (Å²) in [4.78, 5) is 42.7. The fourth-order valence-electron chi connectivity index (χ4n) is 3.59. The van der Waals surface area contributed by atoms with E-state index in [1.54, 1.807) is 45.0 Å². The van der Waals surface area contributed by atoms with E-state index in [9.17, 15) is 19.5 Å². The molecule has 2 amide bonds. The van der Waals surface area contributed by atoms with Crippen molar-refractivity contribution in [3.63, 3.8) is 0 Å². The third-order valence-corrected chi connectivity index (χ3v) is 5.20. The molecule has 1 heterocycles. The summed E-state index contributed by atoms with van der Waals surface area (Å²) in [7, 11) is 0. The van der Waals surface area contributed by atoms with Gasteiger partial charge in [-0.2, -0.15) is 5.26 Å². The van der Waals surface area contributed by atoms with Gasteiger partial charge in [-0.05, 0) is 64.4 Å². The van der Waals surface area contributed by atoms with E-state index in [1.807, 2.05) is 19.9 Å². The zero-order valence-electron chi connectivity index (χ0n) is 22.5. The van der Waals surface area contributed by atoms with Gasteiger partial charge in [0.15, 0.2) is 5.82 Å². The largest absolute Gasteiger partial charge is 0.872 e. The minimum absolute atomic E-state index is 0.0547. The van der Waals surface area contributed by atoms with Crippen molar-refractivity contribution < 1.29 is 19.4 Å². The van der Waals surface area contributed by atoms with E-state index in [-0.39, 0.29) is 41.9 Å². The third-order valence-electron chi connectivity index (χ3n) is 5.20. The number of hydrogen-bond acceptors (Lipinski definition) is 8. The second kappa shape index (κ2) is 12.1. The summed E-state index contributed by atoms with van der Waals surface area (Å²) in [6.45, 7) is 8.68. The topological polar surface area (TPSA) is 161 Å². The molecule has 0 atom stereocenters. The van der Waals surface area contributed by atoms with Crippen LogP contribution in [-0.4, -0.2) is 33.2 Å². The molecule has 3 N–H and O–H groups in total. The number of nitriles is 1. The van der Waals surface area contributed by atoms with Crippen LogP contribution in [0.15, 0.2) is 53.5 Å². The Kier molecular flexibility index (Phi) is 8.93. The molecule has 0 radical (unpaired) electrons. The molecule has 0 aliphatic rings. The predicted octanol–water partition coefficient (Wildman–Crippen LogP) is 3.34. The standard InChI is InChI=1S/C28H32N6O5/c1-17(2)32-25-26(37)34(16-24(36)30-14-19-8-6-18(13-29)7-9-19)23(15-31-25)20-10-21(12-22(35)11-20)33-27(38)39-28(3,4)5/h6-12,15,17,35H,14,16H2,1-5H3,(H,30,36)(H,31,32)(H,33,38)/p-1. The van der Waals surface area contributed by atoms with E-state index in [1.165, 1.54) is 29.0 Å². The molecule has 11 nitrogen and oxygen atoms in total. The fraction of sp³-hybridized carbons (Fsp3) is 0.321. The van der Waals surface area contributed by atoms with Gasteiger partial charge in [-0.25, -0.2) is 9.78 Å². The monoisotopic (exact) mass is 531 g/mol. The van der Waals surface area contributed by atoms with Crippen LogP contribution >= 0.6 is 0 Å². The highest BCUT2D eigenvalue weighted by atomic mass is 16.6. The molecule has 0 spiro atoms. The van der Waals surface area contributed by atoms with Gasteiger partial charge >= 0.3 is 6.09 Å². The lowest BCUT2D eigenvalue weighted by Gasteiger charge is -2.21. The minimum Gasteiger partial charge on any atom is -0.872 e. The maximum absolute atomic E-state index is 13.3. The maximum atomic E-state index is 13.3. The van der Waals surface area contributed by atoms with Gasteiger partial charge in [0, 0.05) is 23.8 Å². The molecule has 11 heteroatoms. The molecule has 39 heavy (non-hydrogen) atoms. The van der Waals surface area contributed by atoms with Crippen molar-refractivity contribution in [2.45, 2.75) is 59.4 Å². The number of hydrogen-bond donors (Lipinski definition) is 3. The molecule has 0 saturated carbocycles. The summed E-state index contributed by atoms with van der Waals surface area (Å²) >= 11 is 0.